The van der Waals surface area contributed by atoms with Gasteiger partial charge >= 0.3 is 0 Å². The second-order valence-corrected chi connectivity index (χ2v) is 7.88. The molecule has 7 heteroatoms. The van der Waals surface area contributed by atoms with Crippen molar-refractivity contribution < 1.29 is 14.3 Å². The molecule has 1 N–H and O–H groups in total. The Morgan fingerprint density at radius 2 is 2.12 bits per heavy atom. The minimum absolute atomic E-state index is 0.0584. The van der Waals surface area contributed by atoms with Gasteiger partial charge in [-0.15, -0.1) is 11.3 Å². The number of anilines is 1. The Hall–Kier alpha value is -1.47. The van der Waals surface area contributed by atoms with E-state index >= 15 is 0 Å². The third-order valence-electron chi connectivity index (χ3n) is 5.06. The lowest BCUT2D eigenvalue weighted by Gasteiger charge is -2.25. The van der Waals surface area contributed by atoms with E-state index in [4.69, 9.17) is 4.74 Å². The van der Waals surface area contributed by atoms with Crippen LogP contribution in [-0.2, 0) is 14.3 Å². The summed E-state index contributed by atoms with van der Waals surface area (Å²) in [6.45, 7) is 1.33. The zero-order valence-corrected chi connectivity index (χ0v) is 15.4. The molecule has 1 unspecified atom stereocenters. The van der Waals surface area contributed by atoms with Crippen LogP contribution in [0, 0.1) is 5.92 Å². The van der Waals surface area contributed by atoms with Crippen molar-refractivity contribution in [3.63, 3.8) is 0 Å². The van der Waals surface area contributed by atoms with E-state index < -0.39 is 0 Å². The monoisotopic (exact) mass is 365 g/mol. The van der Waals surface area contributed by atoms with Crippen molar-refractivity contribution in [2.75, 3.05) is 25.0 Å². The van der Waals surface area contributed by atoms with Gasteiger partial charge in [0.2, 0.25) is 11.8 Å². The van der Waals surface area contributed by atoms with Crippen molar-refractivity contribution in [3.8, 4) is 0 Å². The molecule has 1 aromatic heterocycles. The van der Waals surface area contributed by atoms with Crippen molar-refractivity contribution >= 4 is 28.3 Å². The van der Waals surface area contributed by atoms with Crippen molar-refractivity contribution in [3.05, 3.63) is 11.6 Å². The highest BCUT2D eigenvalue weighted by atomic mass is 32.1. The van der Waals surface area contributed by atoms with E-state index in [-0.39, 0.29) is 24.5 Å². The Labute approximate surface area is 153 Å². The third kappa shape index (κ3) is 5.78. The summed E-state index contributed by atoms with van der Waals surface area (Å²) in [5, 5.41) is 5.15. The Bertz CT molecular complexity index is 552. The summed E-state index contributed by atoms with van der Waals surface area (Å²) in [6, 6.07) is 0. The van der Waals surface area contributed by atoms with Gasteiger partial charge in [0.05, 0.1) is 6.10 Å². The topological polar surface area (TPSA) is 71.5 Å². The summed E-state index contributed by atoms with van der Waals surface area (Å²) in [7, 11) is 0. The van der Waals surface area contributed by atoms with Gasteiger partial charge in [0.15, 0.2) is 5.13 Å². The number of thiazole rings is 1. The zero-order valence-electron chi connectivity index (χ0n) is 14.6. The second kappa shape index (κ2) is 9.29. The van der Waals surface area contributed by atoms with Crippen molar-refractivity contribution in [2.24, 2.45) is 5.92 Å². The van der Waals surface area contributed by atoms with E-state index in [1.807, 2.05) is 5.38 Å². The lowest BCUT2D eigenvalue weighted by Crippen LogP contribution is -2.42. The highest BCUT2D eigenvalue weighted by Gasteiger charge is 2.25. The number of amides is 2. The minimum Gasteiger partial charge on any atom is -0.376 e. The quantitative estimate of drug-likeness (QED) is 0.768. The minimum atomic E-state index is -0.192. The molecule has 138 valence electrons. The zero-order chi connectivity index (χ0) is 17.5. The molecule has 1 saturated carbocycles. The first kappa shape index (κ1) is 18.3. The standard InChI is InChI=1S/C18H27N3O3S/c22-16(20-18-19-9-11-25-18)13-21(12-15-6-3-10-24-15)17(23)8-7-14-4-1-2-5-14/h9,11,14-15H,1-8,10,12-13H2,(H,19,20,22). The normalized spacial score (nSPS) is 20.7. The molecule has 2 fully saturated rings. The summed E-state index contributed by atoms with van der Waals surface area (Å²) in [6.07, 6.45) is 10.2. The van der Waals surface area contributed by atoms with Crippen molar-refractivity contribution in [1.29, 1.82) is 0 Å². The number of carbonyl (C=O) groups excluding carboxylic acids is 2. The van der Waals surface area contributed by atoms with Crippen LogP contribution < -0.4 is 5.32 Å². The molecule has 1 atom stereocenters. The first-order valence-corrected chi connectivity index (χ1v) is 10.2. The van der Waals surface area contributed by atoms with E-state index in [1.165, 1.54) is 37.0 Å². The van der Waals surface area contributed by atoms with E-state index in [9.17, 15) is 9.59 Å². The average molecular weight is 365 g/mol. The molecule has 2 amide bonds. The number of rotatable bonds is 8. The smallest absolute Gasteiger partial charge is 0.245 e. The molecule has 1 saturated heterocycles. The first-order valence-electron chi connectivity index (χ1n) is 9.29. The Balaban J connectivity index is 1.53. The molecule has 2 heterocycles. The van der Waals surface area contributed by atoms with E-state index in [0.717, 1.165) is 25.9 Å². The Morgan fingerprint density at radius 3 is 2.80 bits per heavy atom. The van der Waals surface area contributed by atoms with Crippen LogP contribution in [0.15, 0.2) is 11.6 Å². The molecular formula is C18H27N3O3S. The second-order valence-electron chi connectivity index (χ2n) is 6.98. The molecule has 0 spiro atoms. The molecule has 1 aliphatic carbocycles. The van der Waals surface area contributed by atoms with Gasteiger partial charge in [0.25, 0.3) is 0 Å². The van der Waals surface area contributed by atoms with Crippen LogP contribution in [0.25, 0.3) is 0 Å². The molecule has 1 aromatic rings. The fraction of sp³-hybridized carbons (Fsp3) is 0.722. The van der Waals surface area contributed by atoms with Crippen LogP contribution >= 0.6 is 11.3 Å². The maximum absolute atomic E-state index is 12.7. The van der Waals surface area contributed by atoms with Crippen molar-refractivity contribution in [1.82, 2.24) is 9.88 Å². The lowest BCUT2D eigenvalue weighted by molar-refractivity contribution is -0.136. The summed E-state index contributed by atoms with van der Waals surface area (Å²) in [5.41, 5.74) is 0. The number of nitrogens with one attached hydrogen (secondary N) is 1. The molecule has 0 radical (unpaired) electrons. The number of ether oxygens (including phenoxy) is 1. The van der Waals surface area contributed by atoms with Gasteiger partial charge in [0.1, 0.15) is 6.54 Å². The van der Waals surface area contributed by atoms with Crippen LogP contribution in [0.3, 0.4) is 0 Å². The van der Waals surface area contributed by atoms with Crippen LogP contribution in [-0.4, -0.2) is 47.5 Å². The highest BCUT2D eigenvalue weighted by molar-refractivity contribution is 7.13. The summed E-state index contributed by atoms with van der Waals surface area (Å²) in [5.74, 6) is 0.552. The predicted octanol–water partition coefficient (Wildman–Crippen LogP) is 3.06. The fourth-order valence-electron chi connectivity index (χ4n) is 3.69. The SMILES string of the molecule is O=C(CN(CC1CCCO1)C(=O)CCC1CCCC1)Nc1nccs1. The first-order chi connectivity index (χ1) is 12.2. The molecule has 1 aliphatic heterocycles. The van der Waals surface area contributed by atoms with Gasteiger partial charge in [-0.05, 0) is 25.2 Å². The van der Waals surface area contributed by atoms with Gasteiger partial charge in [-0.1, -0.05) is 25.7 Å². The van der Waals surface area contributed by atoms with Crippen LogP contribution in [0.2, 0.25) is 0 Å². The van der Waals surface area contributed by atoms with Gasteiger partial charge in [0, 0.05) is 31.1 Å². The molecule has 0 bridgehead atoms. The highest BCUT2D eigenvalue weighted by Crippen LogP contribution is 2.28. The Kier molecular flexibility index (Phi) is 6.81. The van der Waals surface area contributed by atoms with Gasteiger partial charge in [-0.2, -0.15) is 0 Å². The van der Waals surface area contributed by atoms with Crippen LogP contribution in [0.4, 0.5) is 5.13 Å². The van der Waals surface area contributed by atoms with Crippen molar-refractivity contribution in [2.45, 2.75) is 57.5 Å². The molecule has 2 aliphatic rings. The van der Waals surface area contributed by atoms with E-state index in [1.54, 1.807) is 11.1 Å². The number of hydrogen-bond acceptors (Lipinski definition) is 5. The predicted molar refractivity (Wildman–Crippen MR) is 97.5 cm³/mol. The third-order valence-corrected chi connectivity index (χ3v) is 5.74. The largest absolute Gasteiger partial charge is 0.376 e. The molecule has 0 aromatic carbocycles. The van der Waals surface area contributed by atoms with E-state index in [0.29, 0.717) is 24.0 Å². The average Bonchev–Trinajstić information content (AvgIpc) is 3.35. The maximum Gasteiger partial charge on any atom is 0.245 e. The summed E-state index contributed by atoms with van der Waals surface area (Å²) >= 11 is 1.38. The maximum atomic E-state index is 12.7. The fourth-order valence-corrected chi connectivity index (χ4v) is 4.24. The summed E-state index contributed by atoms with van der Waals surface area (Å²) < 4.78 is 5.66. The molecule has 25 heavy (non-hydrogen) atoms. The Morgan fingerprint density at radius 1 is 1.28 bits per heavy atom. The number of hydrogen-bond donors (Lipinski definition) is 1. The van der Waals surface area contributed by atoms with Gasteiger partial charge < -0.3 is 15.0 Å². The van der Waals surface area contributed by atoms with E-state index in [2.05, 4.69) is 10.3 Å². The van der Waals surface area contributed by atoms with Crippen LogP contribution in [0.1, 0.15) is 51.4 Å². The molecular weight excluding hydrogens is 338 g/mol. The number of carbonyl (C=O) groups is 2. The molecule has 3 rings (SSSR count). The van der Waals surface area contributed by atoms with Crippen LogP contribution in [0.5, 0.6) is 0 Å². The molecule has 6 nitrogen and oxygen atoms in total. The van der Waals surface area contributed by atoms with Gasteiger partial charge in [-0.25, -0.2) is 4.98 Å². The number of nitrogens with zero attached hydrogens (tertiary/aromatic N) is 2. The lowest BCUT2D eigenvalue weighted by atomic mass is 10.0. The van der Waals surface area contributed by atoms with Gasteiger partial charge in [-0.3, -0.25) is 9.59 Å². The number of aromatic nitrogens is 1. The summed E-state index contributed by atoms with van der Waals surface area (Å²) in [4.78, 5) is 30.7.